The molecule has 0 bridgehead atoms. The zero-order valence-corrected chi connectivity index (χ0v) is 8.60. The van der Waals surface area contributed by atoms with E-state index in [0.29, 0.717) is 6.42 Å². The van der Waals surface area contributed by atoms with E-state index in [2.05, 4.69) is 11.5 Å². The molecule has 0 saturated carbocycles. The number of fused-ring (bicyclic) bond motifs is 1. The maximum atomic E-state index is 10.5. The number of aromatic hydroxyl groups is 1. The van der Waals surface area contributed by atoms with Crippen LogP contribution in [-0.2, 0) is 17.8 Å². The molecule has 3 heteroatoms. The minimum Gasteiger partial charge on any atom is -0.508 e. The van der Waals surface area contributed by atoms with Gasteiger partial charge in [-0.25, -0.2) is 0 Å². The molecule has 15 heavy (non-hydrogen) atoms. The Morgan fingerprint density at radius 2 is 2.27 bits per heavy atom. The summed E-state index contributed by atoms with van der Waals surface area (Å²) in [5.41, 5.74) is 2.03. The Morgan fingerprint density at radius 3 is 2.93 bits per heavy atom. The minimum atomic E-state index is 0.239. The molecular formula is C12H13NO2. The van der Waals surface area contributed by atoms with Crippen molar-refractivity contribution in [2.45, 2.75) is 19.9 Å². The highest BCUT2D eigenvalue weighted by atomic mass is 16.3. The molecule has 1 aromatic carbocycles. The van der Waals surface area contributed by atoms with Crippen LogP contribution >= 0.6 is 0 Å². The van der Waals surface area contributed by atoms with Gasteiger partial charge in [0.25, 0.3) is 0 Å². The largest absolute Gasteiger partial charge is 0.508 e. The van der Waals surface area contributed by atoms with E-state index in [1.54, 1.807) is 12.1 Å². The van der Waals surface area contributed by atoms with Crippen molar-refractivity contribution < 1.29 is 9.90 Å². The highest BCUT2D eigenvalue weighted by Crippen LogP contribution is 2.25. The first-order chi connectivity index (χ1) is 7.26. The van der Waals surface area contributed by atoms with Crippen molar-refractivity contribution >= 4 is 17.2 Å². The summed E-state index contributed by atoms with van der Waals surface area (Å²) in [7, 11) is 0. The Hall–Kier alpha value is -1.77. The highest BCUT2D eigenvalue weighted by molar-refractivity contribution is 5.87. The zero-order chi connectivity index (χ0) is 10.8. The van der Waals surface area contributed by atoms with Gasteiger partial charge in [0, 0.05) is 30.1 Å². The molecule has 0 aliphatic carbocycles. The van der Waals surface area contributed by atoms with E-state index in [-0.39, 0.29) is 5.75 Å². The summed E-state index contributed by atoms with van der Waals surface area (Å²) < 4.78 is 2.08. The number of hydrogen-bond acceptors (Lipinski definition) is 2. The smallest absolute Gasteiger partial charge is 0.124 e. The van der Waals surface area contributed by atoms with Crippen molar-refractivity contribution in [1.29, 1.82) is 0 Å². The summed E-state index contributed by atoms with van der Waals surface area (Å²) in [5, 5.41) is 10.4. The van der Waals surface area contributed by atoms with Gasteiger partial charge in [-0.15, -0.1) is 0 Å². The Labute approximate surface area is 87.9 Å². The van der Waals surface area contributed by atoms with Gasteiger partial charge in [-0.3, -0.25) is 0 Å². The van der Waals surface area contributed by atoms with Crippen LogP contribution in [0, 0.1) is 0 Å². The fraction of sp³-hybridized carbons (Fsp3) is 0.250. The van der Waals surface area contributed by atoms with E-state index < -0.39 is 0 Å². The average molecular weight is 203 g/mol. The van der Waals surface area contributed by atoms with Crippen molar-refractivity contribution in [3.8, 4) is 5.75 Å². The number of phenolic OH excluding ortho intramolecular Hbond substituents is 1. The quantitative estimate of drug-likeness (QED) is 0.776. The van der Waals surface area contributed by atoms with Crippen LogP contribution in [-0.4, -0.2) is 16.0 Å². The number of aldehydes is 1. The van der Waals surface area contributed by atoms with Crippen molar-refractivity contribution in [1.82, 2.24) is 4.57 Å². The third-order valence-electron chi connectivity index (χ3n) is 2.59. The number of nitrogens with zero attached hydrogens (tertiary/aromatic N) is 1. The van der Waals surface area contributed by atoms with E-state index >= 15 is 0 Å². The van der Waals surface area contributed by atoms with Crippen LogP contribution in [0.4, 0.5) is 0 Å². The van der Waals surface area contributed by atoms with Crippen LogP contribution in [0.25, 0.3) is 10.9 Å². The third kappa shape index (κ3) is 1.61. The average Bonchev–Trinajstić information content (AvgIpc) is 2.57. The molecule has 0 atom stereocenters. The van der Waals surface area contributed by atoms with Crippen molar-refractivity contribution in [2.75, 3.05) is 0 Å². The first-order valence-electron chi connectivity index (χ1n) is 5.00. The fourth-order valence-electron chi connectivity index (χ4n) is 1.87. The first kappa shape index (κ1) is 9.77. The Bertz CT molecular complexity index is 500. The summed E-state index contributed by atoms with van der Waals surface area (Å²) in [6, 6.07) is 5.25. The molecule has 0 radical (unpaired) electrons. The normalized spacial score (nSPS) is 10.7. The van der Waals surface area contributed by atoms with Gasteiger partial charge in [0.15, 0.2) is 0 Å². The van der Waals surface area contributed by atoms with Gasteiger partial charge in [-0.2, -0.15) is 0 Å². The van der Waals surface area contributed by atoms with E-state index in [1.807, 2.05) is 12.3 Å². The second-order valence-electron chi connectivity index (χ2n) is 3.51. The number of benzene rings is 1. The zero-order valence-electron chi connectivity index (χ0n) is 8.60. The monoisotopic (exact) mass is 203 g/mol. The summed E-state index contributed by atoms with van der Waals surface area (Å²) in [5.74, 6) is 0.239. The van der Waals surface area contributed by atoms with Crippen molar-refractivity contribution in [2.24, 2.45) is 0 Å². The van der Waals surface area contributed by atoms with Gasteiger partial charge >= 0.3 is 0 Å². The minimum absolute atomic E-state index is 0.239. The molecule has 0 saturated heterocycles. The van der Waals surface area contributed by atoms with Gasteiger partial charge < -0.3 is 14.5 Å². The summed E-state index contributed by atoms with van der Waals surface area (Å²) in [4.78, 5) is 10.5. The summed E-state index contributed by atoms with van der Waals surface area (Å²) >= 11 is 0. The number of rotatable bonds is 3. The number of hydrogen-bond donors (Lipinski definition) is 1. The predicted molar refractivity (Wildman–Crippen MR) is 59.0 cm³/mol. The van der Waals surface area contributed by atoms with Crippen LogP contribution in [0.5, 0.6) is 5.75 Å². The lowest BCUT2D eigenvalue weighted by Gasteiger charge is -1.99. The number of aryl methyl sites for hydroxylation is 1. The molecule has 0 aliphatic rings. The number of aromatic nitrogens is 1. The maximum Gasteiger partial charge on any atom is 0.124 e. The highest BCUT2D eigenvalue weighted by Gasteiger charge is 2.07. The standard InChI is InChI=1S/C12H13NO2/c1-2-13-8-9(5-6-14)11-7-10(15)3-4-12(11)13/h3-4,6-8,15H,2,5H2,1H3. The predicted octanol–water partition coefficient (Wildman–Crippen LogP) is 2.11. The lowest BCUT2D eigenvalue weighted by Crippen LogP contribution is -1.90. The van der Waals surface area contributed by atoms with Gasteiger partial charge in [-0.05, 0) is 30.7 Å². The van der Waals surface area contributed by atoms with Crippen LogP contribution < -0.4 is 0 Å². The Kier molecular flexibility index (Phi) is 2.46. The van der Waals surface area contributed by atoms with E-state index in [9.17, 15) is 9.90 Å². The molecule has 3 nitrogen and oxygen atoms in total. The number of phenols is 1. The van der Waals surface area contributed by atoms with Crippen LogP contribution in [0.1, 0.15) is 12.5 Å². The van der Waals surface area contributed by atoms with E-state index in [0.717, 1.165) is 29.3 Å². The van der Waals surface area contributed by atoms with Crippen LogP contribution in [0.15, 0.2) is 24.4 Å². The summed E-state index contributed by atoms with van der Waals surface area (Å²) in [6.45, 7) is 2.91. The molecular weight excluding hydrogens is 190 g/mol. The molecule has 0 amide bonds. The van der Waals surface area contributed by atoms with Crippen LogP contribution in [0.3, 0.4) is 0 Å². The molecule has 1 N–H and O–H groups in total. The van der Waals surface area contributed by atoms with E-state index in [4.69, 9.17) is 0 Å². The second-order valence-corrected chi connectivity index (χ2v) is 3.51. The first-order valence-corrected chi connectivity index (χ1v) is 5.00. The lowest BCUT2D eigenvalue weighted by molar-refractivity contribution is -0.107. The molecule has 2 rings (SSSR count). The second kappa shape index (κ2) is 3.77. The Morgan fingerprint density at radius 1 is 1.47 bits per heavy atom. The van der Waals surface area contributed by atoms with Gasteiger partial charge in [0.2, 0.25) is 0 Å². The number of carbonyl (C=O) groups is 1. The number of carbonyl (C=O) groups excluding carboxylic acids is 1. The topological polar surface area (TPSA) is 42.2 Å². The molecule has 0 aliphatic heterocycles. The Balaban J connectivity index is 2.69. The summed E-state index contributed by atoms with van der Waals surface area (Å²) in [6.07, 6.45) is 3.25. The fourth-order valence-corrected chi connectivity index (χ4v) is 1.87. The molecule has 0 fully saturated rings. The van der Waals surface area contributed by atoms with Gasteiger partial charge in [-0.1, -0.05) is 0 Å². The molecule has 0 unspecified atom stereocenters. The van der Waals surface area contributed by atoms with Gasteiger partial charge in [0.05, 0.1) is 0 Å². The molecule has 1 heterocycles. The van der Waals surface area contributed by atoms with E-state index in [1.165, 1.54) is 0 Å². The lowest BCUT2D eigenvalue weighted by atomic mass is 10.1. The molecule has 1 aromatic heterocycles. The van der Waals surface area contributed by atoms with Gasteiger partial charge in [0.1, 0.15) is 12.0 Å². The maximum absolute atomic E-state index is 10.5. The van der Waals surface area contributed by atoms with Crippen LogP contribution in [0.2, 0.25) is 0 Å². The molecule has 78 valence electrons. The molecule has 0 spiro atoms. The third-order valence-corrected chi connectivity index (χ3v) is 2.59. The SMILES string of the molecule is CCn1cc(CC=O)c2cc(O)ccc21. The molecule has 2 aromatic rings. The van der Waals surface area contributed by atoms with Crippen molar-refractivity contribution in [3.63, 3.8) is 0 Å². The van der Waals surface area contributed by atoms with Crippen molar-refractivity contribution in [3.05, 3.63) is 30.0 Å².